The topological polar surface area (TPSA) is 116 Å². The third-order valence-corrected chi connectivity index (χ3v) is 5.34. The third kappa shape index (κ3) is 6.16. The molecule has 24 heavy (non-hydrogen) atoms. The molecule has 0 bridgehead atoms. The zero-order chi connectivity index (χ0) is 18.3. The van der Waals surface area contributed by atoms with Crippen molar-refractivity contribution in [2.45, 2.75) is 11.3 Å². The van der Waals surface area contributed by atoms with E-state index >= 15 is 0 Å². The summed E-state index contributed by atoms with van der Waals surface area (Å²) in [6.45, 7) is 0.00234. The quantitative estimate of drug-likeness (QED) is 0.573. The highest BCUT2D eigenvalue weighted by molar-refractivity contribution is 7.89. The average Bonchev–Trinajstić information content (AvgIpc) is 2.51. The van der Waals surface area contributed by atoms with Crippen LogP contribution in [0.5, 0.6) is 0 Å². The molecule has 1 aromatic rings. The summed E-state index contributed by atoms with van der Waals surface area (Å²) in [6, 6.07) is 3.74. The molecule has 0 heterocycles. The second kappa shape index (κ2) is 9.07. The smallest absolute Gasteiger partial charge is 0.317 e. The van der Waals surface area contributed by atoms with Gasteiger partial charge >= 0.3 is 12.0 Å². The van der Waals surface area contributed by atoms with E-state index < -0.39 is 22.0 Å². The number of halogens is 2. The Bertz CT molecular complexity index is 712. The van der Waals surface area contributed by atoms with Gasteiger partial charge in [0, 0.05) is 26.7 Å². The van der Waals surface area contributed by atoms with Crippen molar-refractivity contribution in [1.29, 1.82) is 0 Å². The standard InChI is InChI=1S/C13H17Cl2N3O5S/c1-18(8-5-11(19)20)13(21)16-6-7-17-24(22,23)10-4-2-3-9(14)12(10)15/h2-4,17H,5-8H2,1H3,(H,16,21)(H,19,20). The molecule has 8 nitrogen and oxygen atoms in total. The molecule has 0 saturated carbocycles. The van der Waals surface area contributed by atoms with Crippen molar-refractivity contribution in [1.82, 2.24) is 14.9 Å². The molecule has 0 aliphatic rings. The Balaban J connectivity index is 2.48. The number of aliphatic carboxylic acids is 1. The molecule has 0 aliphatic carbocycles. The largest absolute Gasteiger partial charge is 0.481 e. The van der Waals surface area contributed by atoms with E-state index in [4.69, 9.17) is 28.3 Å². The Hall–Kier alpha value is -1.55. The van der Waals surface area contributed by atoms with Gasteiger partial charge in [-0.3, -0.25) is 4.79 Å². The lowest BCUT2D eigenvalue weighted by molar-refractivity contribution is -0.137. The van der Waals surface area contributed by atoms with E-state index in [2.05, 4.69) is 10.0 Å². The molecule has 0 spiro atoms. The number of rotatable bonds is 8. The van der Waals surface area contributed by atoms with Gasteiger partial charge in [0.25, 0.3) is 0 Å². The molecule has 134 valence electrons. The van der Waals surface area contributed by atoms with Crippen LogP contribution in [-0.2, 0) is 14.8 Å². The maximum Gasteiger partial charge on any atom is 0.317 e. The fourth-order valence-electron chi connectivity index (χ4n) is 1.62. The second-order valence-electron chi connectivity index (χ2n) is 4.75. The van der Waals surface area contributed by atoms with Crippen molar-refractivity contribution in [3.05, 3.63) is 28.2 Å². The molecule has 1 aromatic carbocycles. The van der Waals surface area contributed by atoms with Gasteiger partial charge < -0.3 is 15.3 Å². The van der Waals surface area contributed by atoms with Crippen molar-refractivity contribution in [3.8, 4) is 0 Å². The van der Waals surface area contributed by atoms with Gasteiger partial charge in [0.2, 0.25) is 10.0 Å². The lowest BCUT2D eigenvalue weighted by atomic mass is 10.4. The summed E-state index contributed by atoms with van der Waals surface area (Å²) in [7, 11) is -2.42. The first-order valence-electron chi connectivity index (χ1n) is 6.79. The van der Waals surface area contributed by atoms with Crippen LogP contribution in [0.3, 0.4) is 0 Å². The van der Waals surface area contributed by atoms with Crippen LogP contribution < -0.4 is 10.0 Å². The van der Waals surface area contributed by atoms with Crippen LogP contribution in [0, 0.1) is 0 Å². The first-order chi connectivity index (χ1) is 11.1. The number of carbonyl (C=O) groups excluding carboxylic acids is 1. The van der Waals surface area contributed by atoms with Crippen molar-refractivity contribution in [3.63, 3.8) is 0 Å². The van der Waals surface area contributed by atoms with Gasteiger partial charge in [0.05, 0.1) is 16.5 Å². The number of nitrogens with zero attached hydrogens (tertiary/aromatic N) is 1. The predicted octanol–water partition coefficient (Wildman–Crippen LogP) is 1.39. The molecule has 0 fully saturated rings. The van der Waals surface area contributed by atoms with Crippen LogP contribution in [0.1, 0.15) is 6.42 Å². The highest BCUT2D eigenvalue weighted by Crippen LogP contribution is 2.28. The number of nitrogens with one attached hydrogen (secondary N) is 2. The zero-order valence-corrected chi connectivity index (χ0v) is 15.1. The van der Waals surface area contributed by atoms with Crippen molar-refractivity contribution in [2.24, 2.45) is 0 Å². The van der Waals surface area contributed by atoms with Gasteiger partial charge in [0.15, 0.2) is 0 Å². The molecule has 11 heteroatoms. The summed E-state index contributed by atoms with van der Waals surface area (Å²) in [5.41, 5.74) is 0. The number of benzene rings is 1. The molecule has 0 unspecified atom stereocenters. The number of carboxylic acids is 1. The molecule has 0 saturated heterocycles. The van der Waals surface area contributed by atoms with Crippen molar-refractivity contribution in [2.75, 3.05) is 26.7 Å². The molecule has 2 amide bonds. The third-order valence-electron chi connectivity index (χ3n) is 2.91. The highest BCUT2D eigenvalue weighted by Gasteiger charge is 2.19. The van der Waals surface area contributed by atoms with E-state index in [9.17, 15) is 18.0 Å². The number of amides is 2. The lowest BCUT2D eigenvalue weighted by Gasteiger charge is -2.17. The number of urea groups is 1. The van der Waals surface area contributed by atoms with Crippen LogP contribution in [0.15, 0.2) is 23.1 Å². The van der Waals surface area contributed by atoms with Crippen LogP contribution in [0.2, 0.25) is 10.0 Å². The van der Waals surface area contributed by atoms with E-state index in [-0.39, 0.29) is 41.0 Å². The van der Waals surface area contributed by atoms with E-state index in [1.807, 2.05) is 0 Å². The molecular formula is C13H17Cl2N3O5S. The highest BCUT2D eigenvalue weighted by atomic mass is 35.5. The Morgan fingerprint density at radius 2 is 1.92 bits per heavy atom. The molecule has 1 rings (SSSR count). The number of carboxylic acid groups (broad SMARTS) is 1. The van der Waals surface area contributed by atoms with Crippen LogP contribution >= 0.6 is 23.2 Å². The molecule has 0 aliphatic heterocycles. The first-order valence-corrected chi connectivity index (χ1v) is 9.03. The van der Waals surface area contributed by atoms with Crippen LogP contribution in [0.4, 0.5) is 4.79 Å². The number of hydrogen-bond acceptors (Lipinski definition) is 4. The maximum absolute atomic E-state index is 12.1. The van der Waals surface area contributed by atoms with Crippen LogP contribution in [-0.4, -0.2) is 57.1 Å². The first kappa shape index (κ1) is 20.5. The molecule has 0 atom stereocenters. The monoisotopic (exact) mass is 397 g/mol. The van der Waals surface area contributed by atoms with Gasteiger partial charge in [-0.2, -0.15) is 0 Å². The minimum Gasteiger partial charge on any atom is -0.481 e. The number of hydrogen-bond donors (Lipinski definition) is 3. The summed E-state index contributed by atoms with van der Waals surface area (Å²) in [5.74, 6) is -1.01. The van der Waals surface area contributed by atoms with E-state index in [0.717, 1.165) is 0 Å². The Morgan fingerprint density at radius 3 is 2.54 bits per heavy atom. The normalized spacial score (nSPS) is 11.1. The van der Waals surface area contributed by atoms with Gasteiger partial charge in [-0.15, -0.1) is 0 Å². The maximum atomic E-state index is 12.1. The summed E-state index contributed by atoms with van der Waals surface area (Å²) in [6.07, 6.45) is -0.177. The fraction of sp³-hybridized carbons (Fsp3) is 0.385. The average molecular weight is 398 g/mol. The summed E-state index contributed by atoms with van der Waals surface area (Å²) >= 11 is 11.6. The predicted molar refractivity (Wildman–Crippen MR) is 89.9 cm³/mol. The second-order valence-corrected chi connectivity index (χ2v) is 7.27. The Labute approximate surface area is 149 Å². The van der Waals surface area contributed by atoms with Crippen molar-refractivity contribution >= 4 is 45.2 Å². The number of sulfonamides is 1. The lowest BCUT2D eigenvalue weighted by Crippen LogP contribution is -2.41. The zero-order valence-electron chi connectivity index (χ0n) is 12.8. The van der Waals surface area contributed by atoms with E-state index in [1.54, 1.807) is 0 Å². The molecule has 3 N–H and O–H groups in total. The summed E-state index contributed by atoms with van der Waals surface area (Å²) in [5, 5.41) is 11.0. The Morgan fingerprint density at radius 1 is 1.25 bits per heavy atom. The van der Waals surface area contributed by atoms with Gasteiger partial charge in [0.1, 0.15) is 4.90 Å². The van der Waals surface area contributed by atoms with E-state index in [0.29, 0.717) is 0 Å². The SMILES string of the molecule is CN(CCC(=O)O)C(=O)NCCNS(=O)(=O)c1cccc(Cl)c1Cl. The molecule has 0 radical (unpaired) electrons. The molecule has 0 aromatic heterocycles. The number of carbonyl (C=O) groups is 2. The molecular weight excluding hydrogens is 381 g/mol. The van der Waals surface area contributed by atoms with E-state index in [1.165, 1.54) is 30.1 Å². The Kier molecular flexibility index (Phi) is 7.74. The minimum atomic E-state index is -3.86. The summed E-state index contributed by atoms with van der Waals surface area (Å²) in [4.78, 5) is 23.1. The van der Waals surface area contributed by atoms with Gasteiger partial charge in [-0.05, 0) is 12.1 Å². The fourth-order valence-corrected chi connectivity index (χ4v) is 3.42. The van der Waals surface area contributed by atoms with Crippen molar-refractivity contribution < 1.29 is 23.1 Å². The van der Waals surface area contributed by atoms with Gasteiger partial charge in [-0.1, -0.05) is 29.3 Å². The van der Waals surface area contributed by atoms with Gasteiger partial charge in [-0.25, -0.2) is 17.9 Å². The minimum absolute atomic E-state index is 0.0215. The summed E-state index contributed by atoms with van der Waals surface area (Å²) < 4.78 is 26.5. The van der Waals surface area contributed by atoms with Crippen LogP contribution in [0.25, 0.3) is 0 Å².